The number of ether oxygens (including phenoxy) is 1. The molecule has 2 N–H and O–H groups in total. The molecule has 1 saturated heterocycles. The number of rotatable bonds is 4. The van der Waals surface area contributed by atoms with Gasteiger partial charge in [-0.15, -0.1) is 0 Å². The highest BCUT2D eigenvalue weighted by molar-refractivity contribution is 7.80. The predicted molar refractivity (Wildman–Crippen MR) is 113 cm³/mol. The molecule has 0 aromatic heterocycles. The number of benzene rings is 1. The number of carbonyl (C=O) groups is 3. The summed E-state index contributed by atoms with van der Waals surface area (Å²) in [4.78, 5) is 42.1. The molecule has 0 bridgehead atoms. The van der Waals surface area contributed by atoms with Crippen molar-refractivity contribution in [3.8, 4) is 0 Å². The van der Waals surface area contributed by atoms with E-state index in [4.69, 9.17) is 17.0 Å². The molecule has 1 spiro atoms. The molecule has 0 saturated carbocycles. The Hall–Kier alpha value is -2.72. The number of barbiturate groups is 1. The number of amides is 4. The molecule has 1 aromatic rings. The normalized spacial score (nSPS) is 18.2. The quantitative estimate of drug-likeness (QED) is 0.417. The molecule has 156 valence electrons. The Balaban J connectivity index is 1.88. The van der Waals surface area contributed by atoms with Crippen molar-refractivity contribution in [2.45, 2.75) is 6.42 Å². The van der Waals surface area contributed by atoms with Crippen molar-refractivity contribution in [3.63, 3.8) is 0 Å². The first-order valence-corrected chi connectivity index (χ1v) is 9.60. The Morgan fingerprint density at radius 1 is 1.17 bits per heavy atom. The monoisotopic (exact) mass is 419 g/mol. The zero-order valence-corrected chi connectivity index (χ0v) is 17.8. The van der Waals surface area contributed by atoms with Gasteiger partial charge >= 0.3 is 6.03 Å². The maximum Gasteiger partial charge on any atom is 0.332 e. The van der Waals surface area contributed by atoms with Crippen LogP contribution in [0.3, 0.4) is 0 Å². The fourth-order valence-electron chi connectivity index (χ4n) is 3.91. The molecule has 9 nitrogen and oxygen atoms in total. The second-order valence-corrected chi connectivity index (χ2v) is 7.75. The molecule has 2 aliphatic rings. The third kappa shape index (κ3) is 3.65. The van der Waals surface area contributed by atoms with Gasteiger partial charge in [-0.1, -0.05) is 0 Å². The van der Waals surface area contributed by atoms with Crippen molar-refractivity contribution in [1.29, 1.82) is 0 Å². The number of hydrogen-bond donors (Lipinski definition) is 2. The van der Waals surface area contributed by atoms with Gasteiger partial charge in [-0.2, -0.15) is 0 Å². The summed E-state index contributed by atoms with van der Waals surface area (Å²) in [5, 5.41) is 6.59. The number of carbonyl (C=O) groups excluding carboxylic acids is 3. The standard InChI is InChI=1S/C19H25N5O4S/c1-22-11-19(15(25)23(2)18(27)24(3)16(19)26)10-12-9-13(5-6-14(12)22)21-17(29)20-7-8-28-4/h5-6,9H,7-8,10-11H2,1-4H3,(H2,20,21,29). The van der Waals surface area contributed by atoms with E-state index in [1.165, 1.54) is 14.1 Å². The third-order valence-corrected chi connectivity index (χ3v) is 5.59. The minimum absolute atomic E-state index is 0.212. The molecule has 2 aliphatic heterocycles. The Kier molecular flexibility index (Phi) is 5.76. The lowest BCUT2D eigenvalue weighted by molar-refractivity contribution is -0.156. The number of nitrogens with one attached hydrogen (secondary N) is 2. The van der Waals surface area contributed by atoms with Crippen molar-refractivity contribution in [2.24, 2.45) is 5.41 Å². The Morgan fingerprint density at radius 2 is 1.83 bits per heavy atom. The van der Waals surface area contributed by atoms with Crippen LogP contribution in [0.2, 0.25) is 0 Å². The molecule has 3 rings (SSSR count). The fourth-order valence-corrected chi connectivity index (χ4v) is 4.13. The van der Waals surface area contributed by atoms with Gasteiger partial charge in [-0.3, -0.25) is 19.4 Å². The lowest BCUT2D eigenvalue weighted by atomic mass is 9.74. The van der Waals surface area contributed by atoms with Crippen LogP contribution in [0.1, 0.15) is 5.56 Å². The van der Waals surface area contributed by atoms with E-state index < -0.39 is 23.3 Å². The van der Waals surface area contributed by atoms with Crippen LogP contribution in [-0.4, -0.2) is 80.7 Å². The number of nitrogens with zero attached hydrogens (tertiary/aromatic N) is 3. The van der Waals surface area contributed by atoms with E-state index in [-0.39, 0.29) is 13.0 Å². The van der Waals surface area contributed by atoms with E-state index in [1.807, 2.05) is 30.1 Å². The number of hydrogen-bond acceptors (Lipinski definition) is 6. The molecular formula is C19H25N5O4S. The molecule has 4 amide bonds. The van der Waals surface area contributed by atoms with Crippen molar-refractivity contribution in [2.75, 3.05) is 58.2 Å². The smallest absolute Gasteiger partial charge is 0.332 e. The van der Waals surface area contributed by atoms with Gasteiger partial charge in [-0.05, 0) is 42.4 Å². The van der Waals surface area contributed by atoms with Gasteiger partial charge in [0.15, 0.2) is 10.5 Å². The minimum Gasteiger partial charge on any atom is -0.383 e. The topological polar surface area (TPSA) is 94.2 Å². The van der Waals surface area contributed by atoms with Crippen LogP contribution < -0.4 is 15.5 Å². The van der Waals surface area contributed by atoms with Crippen molar-refractivity contribution >= 4 is 46.6 Å². The van der Waals surface area contributed by atoms with Crippen molar-refractivity contribution in [3.05, 3.63) is 23.8 Å². The SMILES string of the molecule is COCCNC(=S)Nc1ccc2c(c1)CC1(CN2C)C(=O)N(C)C(=O)N(C)C1=O. The first-order valence-electron chi connectivity index (χ1n) is 9.19. The summed E-state index contributed by atoms with van der Waals surface area (Å²) in [6.45, 7) is 1.32. The zero-order chi connectivity index (χ0) is 21.3. The minimum atomic E-state index is -1.32. The number of methoxy groups -OCH3 is 1. The van der Waals surface area contributed by atoms with E-state index in [0.29, 0.717) is 18.3 Å². The van der Waals surface area contributed by atoms with Gasteiger partial charge < -0.3 is 20.3 Å². The first kappa shape index (κ1) is 21.0. The maximum atomic E-state index is 13.0. The predicted octanol–water partition coefficient (Wildman–Crippen LogP) is 0.648. The summed E-state index contributed by atoms with van der Waals surface area (Å²) in [6, 6.07) is 5.10. The second-order valence-electron chi connectivity index (χ2n) is 7.34. The average molecular weight is 420 g/mol. The number of urea groups is 1. The molecule has 10 heteroatoms. The van der Waals surface area contributed by atoms with Gasteiger partial charge in [0.25, 0.3) is 0 Å². The summed E-state index contributed by atoms with van der Waals surface area (Å²) < 4.78 is 4.99. The second kappa shape index (κ2) is 7.96. The van der Waals surface area contributed by atoms with Gasteiger partial charge in [0, 0.05) is 52.7 Å². The van der Waals surface area contributed by atoms with Crippen LogP contribution in [0.5, 0.6) is 0 Å². The van der Waals surface area contributed by atoms with Crippen LogP contribution >= 0.6 is 12.2 Å². The number of imide groups is 2. The van der Waals surface area contributed by atoms with Crippen LogP contribution in [0.25, 0.3) is 0 Å². The molecule has 1 aromatic carbocycles. The molecular weight excluding hydrogens is 394 g/mol. The summed E-state index contributed by atoms with van der Waals surface area (Å²) in [6.07, 6.45) is 0.214. The van der Waals surface area contributed by atoms with E-state index >= 15 is 0 Å². The fraction of sp³-hybridized carbons (Fsp3) is 0.474. The highest BCUT2D eigenvalue weighted by Gasteiger charge is 2.57. The third-order valence-electron chi connectivity index (χ3n) is 5.34. The van der Waals surface area contributed by atoms with E-state index in [9.17, 15) is 14.4 Å². The molecule has 0 atom stereocenters. The van der Waals surface area contributed by atoms with Crippen LogP contribution in [0, 0.1) is 5.41 Å². The lowest BCUT2D eigenvalue weighted by Gasteiger charge is -2.46. The van der Waals surface area contributed by atoms with Crippen LogP contribution in [0.15, 0.2) is 18.2 Å². The molecule has 0 aliphatic carbocycles. The highest BCUT2D eigenvalue weighted by atomic mass is 32.1. The summed E-state index contributed by atoms with van der Waals surface area (Å²) in [7, 11) is 6.27. The Bertz CT molecular complexity index is 850. The molecule has 1 fully saturated rings. The van der Waals surface area contributed by atoms with Gasteiger partial charge in [0.05, 0.1) is 6.61 Å². The highest BCUT2D eigenvalue weighted by Crippen LogP contribution is 2.41. The summed E-state index contributed by atoms with van der Waals surface area (Å²) >= 11 is 5.28. The molecule has 29 heavy (non-hydrogen) atoms. The van der Waals surface area contributed by atoms with E-state index in [0.717, 1.165) is 26.7 Å². The lowest BCUT2D eigenvalue weighted by Crippen LogP contribution is -2.67. The number of fused-ring (bicyclic) bond motifs is 1. The van der Waals surface area contributed by atoms with E-state index in [1.54, 1.807) is 7.11 Å². The first-order chi connectivity index (χ1) is 13.7. The average Bonchev–Trinajstić information content (AvgIpc) is 2.69. The molecule has 0 radical (unpaired) electrons. The molecule has 0 unspecified atom stereocenters. The summed E-state index contributed by atoms with van der Waals surface area (Å²) in [5.41, 5.74) is 1.19. The maximum absolute atomic E-state index is 13.0. The van der Waals surface area contributed by atoms with Crippen LogP contribution in [0.4, 0.5) is 16.2 Å². The summed E-state index contributed by atoms with van der Waals surface area (Å²) in [5.74, 6) is -0.948. The van der Waals surface area contributed by atoms with Gasteiger partial charge in [0.2, 0.25) is 11.8 Å². The van der Waals surface area contributed by atoms with Crippen LogP contribution in [-0.2, 0) is 20.7 Å². The van der Waals surface area contributed by atoms with Crippen molar-refractivity contribution in [1.82, 2.24) is 15.1 Å². The largest absolute Gasteiger partial charge is 0.383 e. The van der Waals surface area contributed by atoms with Gasteiger partial charge in [0.1, 0.15) is 0 Å². The van der Waals surface area contributed by atoms with Crippen molar-refractivity contribution < 1.29 is 19.1 Å². The Morgan fingerprint density at radius 3 is 2.45 bits per heavy atom. The van der Waals surface area contributed by atoms with Gasteiger partial charge in [-0.25, -0.2) is 4.79 Å². The molecule has 2 heterocycles. The van der Waals surface area contributed by atoms with E-state index in [2.05, 4.69) is 10.6 Å². The Labute approximate surface area is 175 Å². The zero-order valence-electron chi connectivity index (χ0n) is 16.9. The number of thiocarbonyl (C=S) groups is 1. The number of anilines is 2.